The molecule has 0 spiro atoms. The fourth-order valence-corrected chi connectivity index (χ4v) is 3.41. The van der Waals surface area contributed by atoms with E-state index in [0.717, 1.165) is 16.9 Å². The zero-order valence-electron chi connectivity index (χ0n) is 12.0. The van der Waals surface area contributed by atoms with E-state index < -0.39 is 4.92 Å². The summed E-state index contributed by atoms with van der Waals surface area (Å²) in [5, 5.41) is 14.7. The van der Waals surface area contributed by atoms with Crippen molar-refractivity contribution in [2.75, 3.05) is 12.1 Å². The third kappa shape index (κ3) is 2.68. The van der Waals surface area contributed by atoms with E-state index in [9.17, 15) is 10.1 Å². The second-order valence-electron chi connectivity index (χ2n) is 4.94. The molecule has 0 aliphatic carbocycles. The Bertz CT molecular complexity index is 961. The number of hydrogen-bond acceptors (Lipinski definition) is 8. The largest absolute Gasteiger partial charge is 0.454 e. The predicted octanol–water partition coefficient (Wildman–Crippen LogP) is 3.59. The number of anilines is 1. The number of nitrogens with zero attached hydrogens (tertiary/aromatic N) is 3. The first-order valence-corrected chi connectivity index (χ1v) is 8.03. The molecule has 4 rings (SSSR count). The summed E-state index contributed by atoms with van der Waals surface area (Å²) in [7, 11) is 0. The molecule has 1 aliphatic rings. The van der Waals surface area contributed by atoms with Gasteiger partial charge in [-0.15, -0.1) is 0 Å². The number of benzene rings is 1. The van der Waals surface area contributed by atoms with Gasteiger partial charge in [0.15, 0.2) is 11.5 Å². The number of ether oxygens (including phenoxy) is 2. The van der Waals surface area contributed by atoms with Crippen LogP contribution < -0.4 is 14.8 Å². The van der Waals surface area contributed by atoms with E-state index >= 15 is 0 Å². The average Bonchev–Trinajstić information content (AvgIpc) is 3.18. The van der Waals surface area contributed by atoms with Gasteiger partial charge in [-0.1, -0.05) is 6.07 Å². The Kier molecular flexibility index (Phi) is 3.58. The Morgan fingerprint density at radius 3 is 2.96 bits per heavy atom. The van der Waals surface area contributed by atoms with Crippen LogP contribution in [0.25, 0.3) is 10.2 Å². The molecule has 1 aliphatic heterocycles. The van der Waals surface area contributed by atoms with Crippen molar-refractivity contribution >= 4 is 44.0 Å². The summed E-state index contributed by atoms with van der Waals surface area (Å²) in [5.74, 6) is 1.85. The Labute approximate surface area is 144 Å². The lowest BCUT2D eigenvalue weighted by atomic mass is 10.2. The molecule has 1 aromatic carbocycles. The maximum absolute atomic E-state index is 10.9. The van der Waals surface area contributed by atoms with Gasteiger partial charge in [-0.05, 0) is 40.6 Å². The molecule has 0 saturated carbocycles. The van der Waals surface area contributed by atoms with Crippen molar-refractivity contribution in [1.82, 2.24) is 9.97 Å². The van der Waals surface area contributed by atoms with Crippen molar-refractivity contribution < 1.29 is 14.4 Å². The minimum Gasteiger partial charge on any atom is -0.454 e. The van der Waals surface area contributed by atoms with Crippen molar-refractivity contribution in [3.05, 3.63) is 45.2 Å². The summed E-state index contributed by atoms with van der Waals surface area (Å²) in [6.07, 6.45) is 0. The summed E-state index contributed by atoms with van der Waals surface area (Å²) in [6, 6.07) is 7.04. The van der Waals surface area contributed by atoms with Crippen LogP contribution in [0.1, 0.15) is 5.56 Å². The van der Waals surface area contributed by atoms with Crippen LogP contribution in [0.3, 0.4) is 0 Å². The highest BCUT2D eigenvalue weighted by Crippen LogP contribution is 2.35. The predicted molar refractivity (Wildman–Crippen MR) is 89.0 cm³/mol. The van der Waals surface area contributed by atoms with Crippen LogP contribution in [-0.2, 0) is 6.54 Å². The number of aromatic nitrogens is 2. The van der Waals surface area contributed by atoms with Crippen molar-refractivity contribution in [3.8, 4) is 11.5 Å². The molecule has 0 amide bonds. The first kappa shape index (κ1) is 14.9. The molecular formula is C14H9ClN4O4S. The second-order valence-corrected chi connectivity index (χ2v) is 6.29. The quantitative estimate of drug-likeness (QED) is 0.429. The lowest BCUT2D eigenvalue weighted by Gasteiger charge is -2.07. The minimum atomic E-state index is -0.456. The molecule has 0 radical (unpaired) electrons. The van der Waals surface area contributed by atoms with Crippen LogP contribution in [0.15, 0.2) is 24.3 Å². The van der Waals surface area contributed by atoms with Crippen LogP contribution in [0.2, 0.25) is 5.28 Å². The van der Waals surface area contributed by atoms with E-state index in [1.165, 1.54) is 6.07 Å². The molecule has 0 unspecified atom stereocenters. The summed E-state index contributed by atoms with van der Waals surface area (Å²) in [4.78, 5) is 19.1. The molecule has 122 valence electrons. The molecule has 8 nitrogen and oxygen atoms in total. The van der Waals surface area contributed by atoms with Gasteiger partial charge >= 0.3 is 5.00 Å². The smallest absolute Gasteiger partial charge is 0.326 e. The van der Waals surface area contributed by atoms with Crippen LogP contribution in [0.4, 0.5) is 10.8 Å². The Balaban J connectivity index is 1.63. The van der Waals surface area contributed by atoms with E-state index in [1.807, 2.05) is 18.2 Å². The lowest BCUT2D eigenvalue weighted by Crippen LogP contribution is -2.02. The van der Waals surface area contributed by atoms with E-state index in [1.54, 1.807) is 0 Å². The Morgan fingerprint density at radius 1 is 1.29 bits per heavy atom. The third-order valence-corrected chi connectivity index (χ3v) is 4.58. The molecule has 3 heterocycles. The van der Waals surface area contributed by atoms with E-state index in [0.29, 0.717) is 34.1 Å². The van der Waals surface area contributed by atoms with Crippen LogP contribution in [-0.4, -0.2) is 21.7 Å². The lowest BCUT2D eigenvalue weighted by molar-refractivity contribution is -0.380. The number of nitro groups is 1. The van der Waals surface area contributed by atoms with Gasteiger partial charge in [0.25, 0.3) is 0 Å². The highest BCUT2D eigenvalue weighted by atomic mass is 35.5. The van der Waals surface area contributed by atoms with Gasteiger partial charge in [0.1, 0.15) is 10.6 Å². The van der Waals surface area contributed by atoms with Gasteiger partial charge in [0.05, 0.1) is 10.3 Å². The molecule has 0 fully saturated rings. The van der Waals surface area contributed by atoms with E-state index in [2.05, 4.69) is 15.3 Å². The zero-order valence-corrected chi connectivity index (χ0v) is 13.6. The molecule has 1 N–H and O–H groups in total. The van der Waals surface area contributed by atoms with Gasteiger partial charge < -0.3 is 14.8 Å². The van der Waals surface area contributed by atoms with Gasteiger partial charge in [-0.3, -0.25) is 10.1 Å². The van der Waals surface area contributed by atoms with E-state index in [-0.39, 0.29) is 17.1 Å². The summed E-state index contributed by atoms with van der Waals surface area (Å²) < 4.78 is 10.6. The summed E-state index contributed by atoms with van der Waals surface area (Å²) in [6.45, 7) is 0.662. The molecule has 24 heavy (non-hydrogen) atoms. The van der Waals surface area contributed by atoms with E-state index in [4.69, 9.17) is 21.1 Å². The maximum atomic E-state index is 10.9. The van der Waals surface area contributed by atoms with Crippen molar-refractivity contribution in [1.29, 1.82) is 0 Å². The number of nitrogens with one attached hydrogen (secondary N) is 1. The maximum Gasteiger partial charge on any atom is 0.326 e. The van der Waals surface area contributed by atoms with Gasteiger partial charge in [-0.2, -0.15) is 0 Å². The minimum absolute atomic E-state index is 0.00676. The van der Waals surface area contributed by atoms with Gasteiger partial charge in [0, 0.05) is 12.6 Å². The van der Waals surface area contributed by atoms with Gasteiger partial charge in [-0.25, -0.2) is 9.97 Å². The summed E-state index contributed by atoms with van der Waals surface area (Å²) in [5.41, 5.74) is 0.951. The first-order chi connectivity index (χ1) is 11.6. The fraction of sp³-hybridized carbons (Fsp3) is 0.143. The average molecular weight is 365 g/mol. The molecule has 10 heteroatoms. The number of rotatable bonds is 4. The molecule has 2 aromatic heterocycles. The van der Waals surface area contributed by atoms with Crippen LogP contribution in [0, 0.1) is 10.1 Å². The van der Waals surface area contributed by atoms with Crippen molar-refractivity contribution in [2.45, 2.75) is 6.54 Å². The first-order valence-electron chi connectivity index (χ1n) is 6.84. The standard InChI is InChI=1S/C14H9ClN4O4S/c15-14-17-12(8-4-11(19(20)21)24-13(8)18-14)16-5-7-1-2-9-10(3-7)23-6-22-9/h1-4H,5-6H2,(H,16,17,18). The highest BCUT2D eigenvalue weighted by Gasteiger charge is 2.18. The van der Waals surface area contributed by atoms with Crippen LogP contribution in [0.5, 0.6) is 11.5 Å². The zero-order chi connectivity index (χ0) is 16.7. The monoisotopic (exact) mass is 364 g/mol. The van der Waals surface area contributed by atoms with Gasteiger partial charge in [0.2, 0.25) is 12.1 Å². The third-order valence-electron chi connectivity index (χ3n) is 3.43. The molecule has 3 aromatic rings. The summed E-state index contributed by atoms with van der Waals surface area (Å²) >= 11 is 6.87. The van der Waals surface area contributed by atoms with Crippen LogP contribution >= 0.6 is 22.9 Å². The number of halogens is 1. The molecule has 0 saturated heterocycles. The normalized spacial score (nSPS) is 12.5. The number of thiophene rings is 1. The highest BCUT2D eigenvalue weighted by molar-refractivity contribution is 7.21. The van der Waals surface area contributed by atoms with Crippen molar-refractivity contribution in [2.24, 2.45) is 0 Å². The Morgan fingerprint density at radius 2 is 2.12 bits per heavy atom. The molecular weight excluding hydrogens is 356 g/mol. The molecule has 0 bridgehead atoms. The Hall–Kier alpha value is -2.65. The van der Waals surface area contributed by atoms with Crippen molar-refractivity contribution in [3.63, 3.8) is 0 Å². The topological polar surface area (TPSA) is 99.4 Å². The number of fused-ring (bicyclic) bond motifs is 2. The second kappa shape index (κ2) is 5.77. The SMILES string of the molecule is O=[N+]([O-])c1cc2c(NCc3ccc4c(c3)OCO4)nc(Cl)nc2s1. The number of hydrogen-bond donors (Lipinski definition) is 1. The molecule has 0 atom stereocenters. The fourth-order valence-electron chi connectivity index (χ4n) is 2.34.